The fourth-order valence-corrected chi connectivity index (χ4v) is 4.22. The van der Waals surface area contributed by atoms with E-state index in [4.69, 9.17) is 9.47 Å². The molecule has 0 spiro atoms. The van der Waals surface area contributed by atoms with Gasteiger partial charge < -0.3 is 22.0 Å². The molecular weight excluding hydrogens is 421 g/mol. The van der Waals surface area contributed by atoms with Crippen molar-refractivity contribution in [2.24, 2.45) is 5.92 Å². The fraction of sp³-hybridized carbons (Fsp3) is 0.435. The zero-order chi connectivity index (χ0) is 19.7. The Hall–Kier alpha value is -0.479. The molecule has 2 aromatic carbocycles. The molecule has 0 amide bonds. The number of benzene rings is 2. The Labute approximate surface area is 201 Å². The van der Waals surface area contributed by atoms with E-state index in [1.54, 1.807) is 14.2 Å². The quantitative estimate of drug-likeness (QED) is 0.411. The third-order valence-electron chi connectivity index (χ3n) is 3.70. The number of rotatable bonds is 6. The molecule has 0 aliphatic heterocycles. The predicted octanol–water partition coefficient (Wildman–Crippen LogP) is 2.53. The van der Waals surface area contributed by atoms with E-state index in [0.717, 1.165) is 11.5 Å². The van der Waals surface area contributed by atoms with Crippen LogP contribution in [0.4, 0.5) is 0 Å². The summed E-state index contributed by atoms with van der Waals surface area (Å²) in [7, 11) is 2.54. The third kappa shape index (κ3) is 9.91. The first-order chi connectivity index (χ1) is 12.3. The molecule has 29 heavy (non-hydrogen) atoms. The summed E-state index contributed by atoms with van der Waals surface area (Å²) in [6.45, 7) is 10.9. The maximum absolute atomic E-state index is 11.6. The van der Waals surface area contributed by atoms with Gasteiger partial charge in [-0.05, 0) is 31.5 Å². The minimum Gasteiger partial charge on any atom is -0.496 e. The largest absolute Gasteiger partial charge is 1.00 e. The van der Waals surface area contributed by atoms with E-state index in [0.29, 0.717) is 23.2 Å². The minimum absolute atomic E-state index is 0. The van der Waals surface area contributed by atoms with Crippen LogP contribution in [0.5, 0.6) is 11.5 Å². The molecular formula is C23H37LiNiO3P+. The number of hydrogen-bond acceptors (Lipinski definition) is 3. The number of hydrogen-bond donors (Lipinski definition) is 1. The predicted molar refractivity (Wildman–Crippen MR) is 121 cm³/mol. The van der Waals surface area contributed by atoms with Crippen molar-refractivity contribution in [1.29, 1.82) is 0 Å². The number of methoxy groups -OCH3 is 2. The summed E-state index contributed by atoms with van der Waals surface area (Å²) in [6.07, 6.45) is 0.679. The normalized spacial score (nSPS) is 11.7. The molecule has 1 atom stereocenters. The zero-order valence-corrected chi connectivity index (χ0v) is 21.5. The molecule has 0 saturated heterocycles. The Kier molecular flexibility index (Phi) is 18.6. The standard InChI is InChI=1S/C18H23O3P.C4H10.CH3.Li.Ni/c1-20-15-11-8-12-16(21-2)17(15)18(19,13-22(3)4)14-9-6-5-7-10-14;1-4(2)3;;;/h5-12,19H,13H2,1-4H3;4H,1-3H3;1H3;;/q;;-1;+1;/p+1. The summed E-state index contributed by atoms with van der Waals surface area (Å²) in [6, 6.07) is 15.4. The van der Waals surface area contributed by atoms with Crippen molar-refractivity contribution in [1.82, 2.24) is 0 Å². The summed E-state index contributed by atoms with van der Waals surface area (Å²) >= 11 is 0. The second-order valence-corrected chi connectivity index (χ2v) is 10.1. The molecule has 0 aliphatic carbocycles. The molecule has 2 rings (SSSR count). The van der Waals surface area contributed by atoms with Crippen molar-refractivity contribution in [3.8, 4) is 11.5 Å². The Morgan fingerprint density at radius 3 is 1.66 bits per heavy atom. The summed E-state index contributed by atoms with van der Waals surface area (Å²) < 4.78 is 11.0. The van der Waals surface area contributed by atoms with Crippen LogP contribution in [0, 0.1) is 13.3 Å². The van der Waals surface area contributed by atoms with E-state index in [2.05, 4.69) is 34.1 Å². The number of ether oxygens (including phenoxy) is 2. The van der Waals surface area contributed by atoms with Crippen molar-refractivity contribution >= 4 is 7.92 Å². The van der Waals surface area contributed by atoms with Gasteiger partial charge >= 0.3 is 18.9 Å². The molecule has 0 radical (unpaired) electrons. The first-order valence-electron chi connectivity index (χ1n) is 9.04. The molecule has 3 nitrogen and oxygen atoms in total. The van der Waals surface area contributed by atoms with Crippen LogP contribution in [0.2, 0.25) is 0 Å². The SMILES string of the molecule is CC(C)C.COc1cccc(OC)c1C(O)(C[PH+](C)C)c1ccccc1.[CH3-].[Li+].[Ni]. The van der Waals surface area contributed by atoms with Crippen LogP contribution in [0.15, 0.2) is 48.5 Å². The monoisotopic (exact) mass is 457 g/mol. The molecule has 2 aromatic rings. The average Bonchev–Trinajstić information content (AvgIpc) is 2.60. The van der Waals surface area contributed by atoms with Crippen LogP contribution in [-0.4, -0.2) is 38.8 Å². The first-order valence-corrected chi connectivity index (χ1v) is 11.7. The first kappa shape index (κ1) is 33.2. The molecule has 1 unspecified atom stereocenters. The second kappa shape index (κ2) is 16.2. The van der Waals surface area contributed by atoms with E-state index in [1.165, 1.54) is 0 Å². The maximum atomic E-state index is 11.6. The van der Waals surface area contributed by atoms with Gasteiger partial charge in [-0.3, -0.25) is 0 Å². The van der Waals surface area contributed by atoms with Crippen molar-refractivity contribution in [2.45, 2.75) is 26.4 Å². The van der Waals surface area contributed by atoms with Crippen LogP contribution in [0.3, 0.4) is 0 Å². The summed E-state index contributed by atoms with van der Waals surface area (Å²) in [5, 5.41) is 11.6. The van der Waals surface area contributed by atoms with Gasteiger partial charge in [-0.1, -0.05) is 57.2 Å². The third-order valence-corrected chi connectivity index (χ3v) is 4.92. The fourth-order valence-electron chi connectivity index (χ4n) is 2.82. The van der Waals surface area contributed by atoms with Crippen LogP contribution in [-0.2, 0) is 22.1 Å². The topological polar surface area (TPSA) is 38.7 Å². The summed E-state index contributed by atoms with van der Waals surface area (Å²) in [4.78, 5) is 0. The smallest absolute Gasteiger partial charge is 0.496 e. The van der Waals surface area contributed by atoms with Crippen LogP contribution in [0.1, 0.15) is 31.9 Å². The molecule has 0 fully saturated rings. The molecule has 0 heterocycles. The Balaban J connectivity index is -0.000000885. The van der Waals surface area contributed by atoms with Crippen molar-refractivity contribution in [3.63, 3.8) is 0 Å². The van der Waals surface area contributed by atoms with Gasteiger partial charge in [0, 0.05) is 29.8 Å². The average molecular weight is 458 g/mol. The molecule has 0 saturated carbocycles. The van der Waals surface area contributed by atoms with Gasteiger partial charge in [0.05, 0.1) is 25.9 Å². The summed E-state index contributed by atoms with van der Waals surface area (Å²) in [5.74, 6) is 2.13. The molecule has 0 aliphatic rings. The summed E-state index contributed by atoms with van der Waals surface area (Å²) in [5.41, 5.74) is 0.457. The van der Waals surface area contributed by atoms with Gasteiger partial charge in [-0.15, -0.1) is 0 Å². The van der Waals surface area contributed by atoms with Crippen molar-refractivity contribution in [3.05, 3.63) is 67.1 Å². The van der Waals surface area contributed by atoms with E-state index in [-0.39, 0.29) is 42.8 Å². The molecule has 1 N–H and O–H groups in total. The Bertz CT molecular complexity index is 643. The van der Waals surface area contributed by atoms with Crippen LogP contribution >= 0.6 is 7.92 Å². The van der Waals surface area contributed by atoms with Gasteiger partial charge in [0.1, 0.15) is 11.5 Å². The molecule has 6 heteroatoms. The molecule has 162 valence electrons. The van der Waals surface area contributed by atoms with Crippen LogP contribution in [0.25, 0.3) is 0 Å². The van der Waals surface area contributed by atoms with Gasteiger partial charge in [0.2, 0.25) is 0 Å². The Morgan fingerprint density at radius 2 is 1.31 bits per heavy atom. The van der Waals surface area contributed by atoms with E-state index in [1.807, 2.05) is 48.5 Å². The van der Waals surface area contributed by atoms with Gasteiger partial charge in [0.25, 0.3) is 0 Å². The maximum Gasteiger partial charge on any atom is 1.00 e. The number of aliphatic hydroxyl groups is 1. The van der Waals surface area contributed by atoms with Gasteiger partial charge in [0.15, 0.2) is 5.60 Å². The van der Waals surface area contributed by atoms with Crippen LogP contribution < -0.4 is 28.3 Å². The minimum atomic E-state index is -1.11. The van der Waals surface area contributed by atoms with E-state index >= 15 is 0 Å². The Morgan fingerprint density at radius 1 is 0.897 bits per heavy atom. The van der Waals surface area contributed by atoms with Crippen molar-refractivity contribution in [2.75, 3.05) is 33.7 Å². The van der Waals surface area contributed by atoms with Gasteiger partial charge in [-0.2, -0.15) is 0 Å². The van der Waals surface area contributed by atoms with E-state index in [9.17, 15) is 5.11 Å². The van der Waals surface area contributed by atoms with Gasteiger partial charge in [-0.25, -0.2) is 0 Å². The molecule has 0 bridgehead atoms. The van der Waals surface area contributed by atoms with Crippen molar-refractivity contribution < 1.29 is 49.9 Å². The molecule has 0 aromatic heterocycles. The van der Waals surface area contributed by atoms with E-state index < -0.39 is 13.5 Å². The second-order valence-electron chi connectivity index (χ2n) is 7.38. The zero-order valence-electron chi connectivity index (χ0n) is 19.5.